The number of alkyl halides is 6. The zero-order valence-electron chi connectivity index (χ0n) is 18.8. The third-order valence-corrected chi connectivity index (χ3v) is 5.60. The average Bonchev–Trinajstić information content (AvgIpc) is 3.24. The van der Waals surface area contributed by atoms with E-state index in [0.717, 1.165) is 51.3 Å². The van der Waals surface area contributed by atoms with Crippen molar-refractivity contribution in [3.63, 3.8) is 0 Å². The molecule has 4 rings (SSSR count). The monoisotopic (exact) mass is 529 g/mol. The van der Waals surface area contributed by atoms with Crippen molar-refractivity contribution in [2.24, 2.45) is 5.92 Å². The first kappa shape index (κ1) is 29.3. The Morgan fingerprint density at radius 3 is 2.00 bits per heavy atom. The Bertz CT molecular complexity index is 856. The molecule has 1 amide bonds. The van der Waals surface area contributed by atoms with E-state index in [1.807, 2.05) is 23.2 Å². The molecule has 0 saturated carbocycles. The average molecular weight is 529 g/mol. The van der Waals surface area contributed by atoms with Crippen LogP contribution >= 0.6 is 0 Å². The molecule has 3 fully saturated rings. The molecule has 9 nitrogen and oxygen atoms in total. The number of nitrogens with zero attached hydrogens (tertiary/aromatic N) is 3. The zero-order chi connectivity index (χ0) is 27.1. The number of likely N-dealkylation sites (tertiary alicyclic amines) is 2. The number of ether oxygens (including phenoxy) is 1. The van der Waals surface area contributed by atoms with Crippen molar-refractivity contribution in [1.29, 1.82) is 0 Å². The largest absolute Gasteiger partial charge is 0.490 e. The van der Waals surface area contributed by atoms with Crippen molar-refractivity contribution in [2.75, 3.05) is 26.2 Å². The molecule has 1 aromatic heterocycles. The second-order valence-corrected chi connectivity index (χ2v) is 8.35. The molecule has 36 heavy (non-hydrogen) atoms. The third kappa shape index (κ3) is 9.26. The Hall–Kier alpha value is -2.94. The van der Waals surface area contributed by atoms with E-state index in [1.54, 1.807) is 0 Å². The van der Waals surface area contributed by atoms with Crippen molar-refractivity contribution in [1.82, 2.24) is 14.8 Å². The van der Waals surface area contributed by atoms with E-state index in [-0.39, 0.29) is 12.0 Å². The molecule has 0 bridgehead atoms. The van der Waals surface area contributed by atoms with Crippen LogP contribution in [0, 0.1) is 5.92 Å². The highest BCUT2D eigenvalue weighted by Crippen LogP contribution is 2.35. The molecule has 202 valence electrons. The molecule has 0 aromatic carbocycles. The normalized spacial score (nSPS) is 23.4. The zero-order valence-corrected chi connectivity index (χ0v) is 18.8. The van der Waals surface area contributed by atoms with E-state index in [9.17, 15) is 31.1 Å². The molecular formula is C21H25F6N3O6. The molecule has 0 radical (unpaired) electrons. The van der Waals surface area contributed by atoms with Gasteiger partial charge in [0, 0.05) is 44.8 Å². The molecule has 15 heteroatoms. The number of amides is 1. The molecule has 3 aliphatic heterocycles. The number of carboxylic acid groups (broad SMARTS) is 2. The summed E-state index contributed by atoms with van der Waals surface area (Å²) in [5.74, 6) is -4.65. The summed E-state index contributed by atoms with van der Waals surface area (Å²) in [4.78, 5) is 38.6. The Labute approximate surface area is 201 Å². The van der Waals surface area contributed by atoms with Gasteiger partial charge in [-0.05, 0) is 25.0 Å². The van der Waals surface area contributed by atoms with Gasteiger partial charge in [0.25, 0.3) is 0 Å². The lowest BCUT2D eigenvalue weighted by atomic mass is 10.0. The maximum absolute atomic E-state index is 12.0. The number of aliphatic carboxylic acids is 2. The molecule has 3 atom stereocenters. The quantitative estimate of drug-likeness (QED) is 0.572. The van der Waals surface area contributed by atoms with E-state index in [2.05, 4.69) is 16.0 Å². The van der Waals surface area contributed by atoms with E-state index in [4.69, 9.17) is 24.5 Å². The summed E-state index contributed by atoms with van der Waals surface area (Å²) in [6.45, 7) is 4.81. The maximum atomic E-state index is 12.0. The minimum absolute atomic E-state index is 0.139. The number of hydrogen-bond acceptors (Lipinski definition) is 6. The molecule has 2 N–H and O–H groups in total. The van der Waals surface area contributed by atoms with Gasteiger partial charge in [-0.25, -0.2) is 9.59 Å². The van der Waals surface area contributed by atoms with Gasteiger partial charge in [-0.3, -0.25) is 14.7 Å². The van der Waals surface area contributed by atoms with Crippen LogP contribution in [-0.4, -0.2) is 93.6 Å². The lowest BCUT2D eigenvalue weighted by molar-refractivity contribution is -0.193. The Morgan fingerprint density at radius 1 is 1.00 bits per heavy atom. The molecule has 0 spiro atoms. The lowest BCUT2D eigenvalue weighted by Gasteiger charge is -2.31. The number of pyridine rings is 1. The van der Waals surface area contributed by atoms with Gasteiger partial charge in [0.15, 0.2) is 0 Å². The van der Waals surface area contributed by atoms with Gasteiger partial charge in [0.05, 0.1) is 24.3 Å². The SMILES string of the molecule is O=C(C[C@H]1C[C@H]2CN(Cc3ccccn3)C[C@H]2O1)N1CCC1.O=C(O)C(F)(F)F.O=C(O)C(F)(F)F. The van der Waals surface area contributed by atoms with Crippen molar-refractivity contribution in [3.05, 3.63) is 30.1 Å². The van der Waals surface area contributed by atoms with Crippen LogP contribution in [-0.2, 0) is 25.7 Å². The number of carboxylic acids is 2. The second kappa shape index (κ2) is 12.3. The fraction of sp³-hybridized carbons (Fsp3) is 0.619. The van der Waals surface area contributed by atoms with Crippen LogP contribution in [0.4, 0.5) is 26.3 Å². The number of halogens is 6. The van der Waals surface area contributed by atoms with Crippen LogP contribution in [0.25, 0.3) is 0 Å². The molecular weight excluding hydrogens is 504 g/mol. The number of rotatable bonds is 4. The summed E-state index contributed by atoms with van der Waals surface area (Å²) in [6.07, 6.45) is -5.11. The predicted octanol–water partition coefficient (Wildman–Crippen LogP) is 2.56. The predicted molar refractivity (Wildman–Crippen MR) is 109 cm³/mol. The Kier molecular flexibility index (Phi) is 10.0. The van der Waals surface area contributed by atoms with Crippen LogP contribution in [0.1, 0.15) is 25.0 Å². The smallest absolute Gasteiger partial charge is 0.475 e. The standard InChI is InChI=1S/C17H23N3O2.2C2HF3O2/c21-17(20-6-3-7-20)9-15-8-13-10-19(12-16(13)22-15)11-14-4-1-2-5-18-14;2*3-2(4,5)1(6)7/h1-2,4-5,13,15-16H,3,6-12H2;2*(H,6,7)/t13-,15+,16+;;/m0../s1. The van der Waals surface area contributed by atoms with Crippen molar-refractivity contribution >= 4 is 17.8 Å². The molecule has 4 heterocycles. The molecule has 0 aliphatic carbocycles. The number of hydrogen-bond donors (Lipinski definition) is 2. The summed E-state index contributed by atoms with van der Waals surface area (Å²) in [6, 6.07) is 6.06. The van der Waals surface area contributed by atoms with Gasteiger partial charge in [-0.15, -0.1) is 0 Å². The first-order chi connectivity index (χ1) is 16.7. The first-order valence-electron chi connectivity index (χ1n) is 10.8. The number of aromatic nitrogens is 1. The van der Waals surface area contributed by atoms with Crippen LogP contribution in [0.5, 0.6) is 0 Å². The van der Waals surface area contributed by atoms with Gasteiger partial charge in [-0.2, -0.15) is 26.3 Å². The van der Waals surface area contributed by atoms with E-state index < -0.39 is 24.3 Å². The van der Waals surface area contributed by atoms with Gasteiger partial charge in [0.1, 0.15) is 0 Å². The van der Waals surface area contributed by atoms with Crippen molar-refractivity contribution in [3.8, 4) is 0 Å². The topological polar surface area (TPSA) is 120 Å². The van der Waals surface area contributed by atoms with E-state index in [1.165, 1.54) is 0 Å². The third-order valence-electron chi connectivity index (χ3n) is 5.60. The number of fused-ring (bicyclic) bond motifs is 1. The van der Waals surface area contributed by atoms with Crippen molar-refractivity contribution < 1.29 is 55.7 Å². The number of carbonyl (C=O) groups is 3. The van der Waals surface area contributed by atoms with Crippen LogP contribution < -0.4 is 0 Å². The van der Waals surface area contributed by atoms with Crippen molar-refractivity contribution in [2.45, 2.75) is 50.4 Å². The van der Waals surface area contributed by atoms with Gasteiger partial charge >= 0.3 is 24.3 Å². The lowest BCUT2D eigenvalue weighted by Crippen LogP contribution is -2.43. The molecule has 3 aliphatic rings. The minimum Gasteiger partial charge on any atom is -0.475 e. The van der Waals surface area contributed by atoms with Gasteiger partial charge < -0.3 is 19.8 Å². The van der Waals surface area contributed by atoms with E-state index in [0.29, 0.717) is 18.4 Å². The highest BCUT2D eigenvalue weighted by molar-refractivity contribution is 5.77. The highest BCUT2D eigenvalue weighted by atomic mass is 19.4. The fourth-order valence-electron chi connectivity index (χ4n) is 3.82. The van der Waals surface area contributed by atoms with Gasteiger partial charge in [-0.1, -0.05) is 6.07 Å². The second-order valence-electron chi connectivity index (χ2n) is 8.35. The fourth-order valence-corrected chi connectivity index (χ4v) is 3.82. The first-order valence-corrected chi connectivity index (χ1v) is 10.8. The van der Waals surface area contributed by atoms with E-state index >= 15 is 0 Å². The Balaban J connectivity index is 0.000000271. The van der Waals surface area contributed by atoms with Gasteiger partial charge in [0.2, 0.25) is 5.91 Å². The summed E-state index contributed by atoms with van der Waals surface area (Å²) < 4.78 is 69.6. The summed E-state index contributed by atoms with van der Waals surface area (Å²) in [7, 11) is 0. The maximum Gasteiger partial charge on any atom is 0.490 e. The van der Waals surface area contributed by atoms with Crippen LogP contribution in [0.15, 0.2) is 24.4 Å². The van der Waals surface area contributed by atoms with Crippen LogP contribution in [0.3, 0.4) is 0 Å². The minimum atomic E-state index is -5.08. The Morgan fingerprint density at radius 2 is 1.58 bits per heavy atom. The highest BCUT2D eigenvalue weighted by Gasteiger charge is 2.43. The molecule has 1 aromatic rings. The summed E-state index contributed by atoms with van der Waals surface area (Å²) >= 11 is 0. The molecule has 0 unspecified atom stereocenters. The number of carbonyl (C=O) groups excluding carboxylic acids is 1. The van der Waals surface area contributed by atoms with Crippen LogP contribution in [0.2, 0.25) is 0 Å². The summed E-state index contributed by atoms with van der Waals surface area (Å²) in [5, 5.41) is 14.2. The molecule has 3 saturated heterocycles. The summed E-state index contributed by atoms with van der Waals surface area (Å²) in [5.41, 5.74) is 1.12.